The minimum atomic E-state index is -3.46. The standard InChI is InChI=1S/C5H11O5P.Li/c1-3-4(2)9-5(6)10-11(7)8;/h4,11H,3H2,1-2H3,(H,7,8);/q;+1/p-1. The maximum absolute atomic E-state index is 10.4. The molecule has 7 heteroatoms. The van der Waals surface area contributed by atoms with E-state index in [1.165, 1.54) is 0 Å². The molecule has 0 aromatic rings. The first-order chi connectivity index (χ1) is 5.06. The van der Waals surface area contributed by atoms with Crippen LogP contribution >= 0.6 is 8.25 Å². The van der Waals surface area contributed by atoms with Gasteiger partial charge in [-0.05, 0) is 13.3 Å². The van der Waals surface area contributed by atoms with Crippen LogP contribution in [0.4, 0.5) is 4.79 Å². The molecule has 0 saturated heterocycles. The number of carbonyl (C=O) groups is 1. The number of hydrogen-bond donors (Lipinski definition) is 0. The number of rotatable bonds is 3. The average Bonchev–Trinajstić information content (AvgIpc) is 1.85. The fourth-order valence-corrected chi connectivity index (χ4v) is 0.524. The maximum Gasteiger partial charge on any atom is 1.00 e. The van der Waals surface area contributed by atoms with E-state index in [4.69, 9.17) is 0 Å². The summed E-state index contributed by atoms with van der Waals surface area (Å²) in [5.41, 5.74) is 0. The Kier molecular flexibility index (Phi) is 9.34. The molecule has 0 aromatic carbocycles. The molecule has 0 saturated carbocycles. The molecule has 0 rings (SSSR count). The molecule has 5 nitrogen and oxygen atoms in total. The van der Waals surface area contributed by atoms with Crippen LogP contribution in [0.2, 0.25) is 0 Å². The molecule has 12 heavy (non-hydrogen) atoms. The topological polar surface area (TPSA) is 75.7 Å². The zero-order valence-electron chi connectivity index (χ0n) is 7.33. The molecule has 0 bridgehead atoms. The SMILES string of the molecule is CCC(C)OC(=O)O[PH](=O)[O-].[Li+]. The summed E-state index contributed by atoms with van der Waals surface area (Å²) in [5, 5.41) is 0. The molecular formula is C5H10LiO5P. The fourth-order valence-electron chi connectivity index (χ4n) is 0.340. The second-order valence-electron chi connectivity index (χ2n) is 1.94. The minimum Gasteiger partial charge on any atom is -0.771 e. The molecule has 0 heterocycles. The summed E-state index contributed by atoms with van der Waals surface area (Å²) in [7, 11) is -3.46. The Morgan fingerprint density at radius 2 is 2.17 bits per heavy atom. The van der Waals surface area contributed by atoms with Crippen molar-refractivity contribution in [1.29, 1.82) is 0 Å². The van der Waals surface area contributed by atoms with Gasteiger partial charge in [-0.15, -0.1) is 0 Å². The largest absolute Gasteiger partial charge is 1.00 e. The third kappa shape index (κ3) is 8.16. The Balaban J connectivity index is 0. The van der Waals surface area contributed by atoms with E-state index in [0.717, 1.165) is 0 Å². The molecule has 66 valence electrons. The summed E-state index contributed by atoms with van der Waals surface area (Å²) in [6, 6.07) is 0. The summed E-state index contributed by atoms with van der Waals surface area (Å²) in [6.07, 6.45) is -0.850. The van der Waals surface area contributed by atoms with E-state index in [9.17, 15) is 14.3 Å². The third-order valence-corrected chi connectivity index (χ3v) is 1.37. The van der Waals surface area contributed by atoms with Crippen molar-refractivity contribution in [1.82, 2.24) is 0 Å². The fraction of sp³-hybridized carbons (Fsp3) is 0.800. The van der Waals surface area contributed by atoms with Crippen LogP contribution in [0.5, 0.6) is 0 Å². The van der Waals surface area contributed by atoms with Gasteiger partial charge >= 0.3 is 25.0 Å². The van der Waals surface area contributed by atoms with Crippen LogP contribution < -0.4 is 23.8 Å². The van der Waals surface area contributed by atoms with Gasteiger partial charge in [-0.2, -0.15) is 0 Å². The first-order valence-corrected chi connectivity index (χ1v) is 4.38. The van der Waals surface area contributed by atoms with Gasteiger partial charge in [0.2, 0.25) is 0 Å². The molecular weight excluding hydrogens is 178 g/mol. The molecule has 0 radical (unpaired) electrons. The van der Waals surface area contributed by atoms with E-state index in [1.807, 2.05) is 0 Å². The van der Waals surface area contributed by atoms with Gasteiger partial charge in [-0.1, -0.05) is 6.92 Å². The Bertz CT molecular complexity index is 162. The van der Waals surface area contributed by atoms with Gasteiger partial charge in [0.05, 0.1) is 0 Å². The van der Waals surface area contributed by atoms with Crippen LogP contribution in [0.3, 0.4) is 0 Å². The van der Waals surface area contributed by atoms with Crippen molar-refractivity contribution in [2.24, 2.45) is 0 Å². The van der Waals surface area contributed by atoms with Crippen molar-refractivity contribution >= 4 is 14.4 Å². The minimum absolute atomic E-state index is 0. The Hall–Kier alpha value is 0.0574. The van der Waals surface area contributed by atoms with Crippen molar-refractivity contribution in [2.45, 2.75) is 26.4 Å². The molecule has 0 aliphatic rings. The molecule has 2 unspecified atom stereocenters. The quantitative estimate of drug-likeness (QED) is 0.282. The second kappa shape index (κ2) is 7.69. The summed E-state index contributed by atoms with van der Waals surface area (Å²) in [5.74, 6) is 0. The molecule has 0 spiro atoms. The molecule has 0 amide bonds. The number of hydrogen-bond acceptors (Lipinski definition) is 5. The Labute approximate surface area is 83.6 Å². The van der Waals surface area contributed by atoms with Crippen LogP contribution in [-0.4, -0.2) is 12.3 Å². The smallest absolute Gasteiger partial charge is 0.771 e. The van der Waals surface area contributed by atoms with Gasteiger partial charge in [-0.25, -0.2) is 4.79 Å². The van der Waals surface area contributed by atoms with Crippen LogP contribution in [0.25, 0.3) is 0 Å². The van der Waals surface area contributed by atoms with Crippen molar-refractivity contribution in [2.75, 3.05) is 0 Å². The predicted molar refractivity (Wildman–Crippen MR) is 36.3 cm³/mol. The van der Waals surface area contributed by atoms with E-state index in [0.29, 0.717) is 6.42 Å². The van der Waals surface area contributed by atoms with Crippen molar-refractivity contribution in [3.05, 3.63) is 0 Å². The van der Waals surface area contributed by atoms with Gasteiger partial charge in [0.25, 0.3) is 0 Å². The van der Waals surface area contributed by atoms with Gasteiger partial charge in [0, 0.05) is 0 Å². The monoisotopic (exact) mass is 188 g/mol. The Morgan fingerprint density at radius 1 is 1.67 bits per heavy atom. The average molecular weight is 188 g/mol. The first-order valence-electron chi connectivity index (χ1n) is 3.15. The van der Waals surface area contributed by atoms with Crippen LogP contribution in [0.1, 0.15) is 20.3 Å². The molecule has 0 aromatic heterocycles. The zero-order chi connectivity index (χ0) is 8.85. The summed E-state index contributed by atoms with van der Waals surface area (Å²) < 4.78 is 18.1. The van der Waals surface area contributed by atoms with E-state index < -0.39 is 14.4 Å². The van der Waals surface area contributed by atoms with E-state index in [2.05, 4.69) is 9.26 Å². The van der Waals surface area contributed by atoms with E-state index in [1.54, 1.807) is 13.8 Å². The van der Waals surface area contributed by atoms with Crippen LogP contribution in [-0.2, 0) is 13.8 Å². The normalized spacial score (nSPS) is 13.9. The van der Waals surface area contributed by atoms with Crippen LogP contribution in [0.15, 0.2) is 0 Å². The summed E-state index contributed by atoms with van der Waals surface area (Å²) >= 11 is 0. The molecule has 0 fully saturated rings. The Morgan fingerprint density at radius 3 is 2.50 bits per heavy atom. The van der Waals surface area contributed by atoms with Crippen molar-refractivity contribution in [3.63, 3.8) is 0 Å². The van der Waals surface area contributed by atoms with Crippen LogP contribution in [0, 0.1) is 0 Å². The predicted octanol–water partition coefficient (Wildman–Crippen LogP) is -2.31. The molecule has 2 atom stereocenters. The second-order valence-corrected chi connectivity index (χ2v) is 2.64. The summed E-state index contributed by atoms with van der Waals surface area (Å²) in [4.78, 5) is 20.2. The van der Waals surface area contributed by atoms with Crippen molar-refractivity contribution < 1.29 is 42.4 Å². The van der Waals surface area contributed by atoms with Gasteiger partial charge < -0.3 is 14.2 Å². The maximum atomic E-state index is 10.4. The summed E-state index contributed by atoms with van der Waals surface area (Å²) in [6.45, 7) is 3.45. The zero-order valence-corrected chi connectivity index (χ0v) is 8.33. The number of carbonyl (C=O) groups excluding carboxylic acids is 1. The molecule has 0 aliphatic heterocycles. The van der Waals surface area contributed by atoms with E-state index in [-0.39, 0.29) is 25.0 Å². The first kappa shape index (κ1) is 14.6. The van der Waals surface area contributed by atoms with E-state index >= 15 is 0 Å². The third-order valence-electron chi connectivity index (χ3n) is 1.04. The van der Waals surface area contributed by atoms with Gasteiger partial charge in [0.1, 0.15) is 6.10 Å². The molecule has 0 N–H and O–H groups in total. The van der Waals surface area contributed by atoms with Crippen molar-refractivity contribution in [3.8, 4) is 0 Å². The molecule has 0 aliphatic carbocycles. The number of ether oxygens (including phenoxy) is 1. The van der Waals surface area contributed by atoms with Gasteiger partial charge in [0.15, 0.2) is 8.25 Å². The van der Waals surface area contributed by atoms with Gasteiger partial charge in [-0.3, -0.25) is 4.57 Å².